The smallest absolute Gasteiger partial charge is 0.136 e. The SMILES string of the molecule is COc1cc(OC)c2c(-c3cc(C)ccc3OC)cnc(N3CCCC3)c2c1. The van der Waals surface area contributed by atoms with E-state index in [1.807, 2.05) is 18.3 Å². The largest absolute Gasteiger partial charge is 0.497 e. The number of benzene rings is 2. The van der Waals surface area contributed by atoms with E-state index in [4.69, 9.17) is 19.2 Å². The molecule has 0 saturated carbocycles. The molecule has 0 spiro atoms. The van der Waals surface area contributed by atoms with Crippen LogP contribution in [0.2, 0.25) is 0 Å². The molecule has 0 atom stereocenters. The normalized spacial score (nSPS) is 13.8. The summed E-state index contributed by atoms with van der Waals surface area (Å²) in [5.41, 5.74) is 3.18. The van der Waals surface area contributed by atoms with Crippen LogP contribution >= 0.6 is 0 Å². The number of hydrogen-bond donors (Lipinski definition) is 0. The maximum absolute atomic E-state index is 5.79. The third kappa shape index (κ3) is 3.11. The third-order valence-corrected chi connectivity index (χ3v) is 5.41. The molecular formula is C23H26N2O3. The van der Waals surface area contributed by atoms with Crippen LogP contribution in [0.25, 0.3) is 21.9 Å². The highest BCUT2D eigenvalue weighted by atomic mass is 16.5. The molecule has 5 heteroatoms. The average Bonchev–Trinajstić information content (AvgIpc) is 3.26. The van der Waals surface area contributed by atoms with Crippen LogP contribution in [0.4, 0.5) is 5.82 Å². The Hall–Kier alpha value is -2.95. The summed E-state index contributed by atoms with van der Waals surface area (Å²) in [4.78, 5) is 7.23. The second-order valence-corrected chi connectivity index (χ2v) is 7.15. The molecule has 2 heterocycles. The molecule has 0 N–H and O–H groups in total. The van der Waals surface area contributed by atoms with Crippen molar-refractivity contribution in [3.63, 3.8) is 0 Å². The highest BCUT2D eigenvalue weighted by molar-refractivity contribution is 6.07. The molecule has 0 radical (unpaired) electrons. The Morgan fingerprint density at radius 1 is 0.857 bits per heavy atom. The Morgan fingerprint density at radius 3 is 2.29 bits per heavy atom. The number of pyridine rings is 1. The first-order valence-corrected chi connectivity index (χ1v) is 9.61. The third-order valence-electron chi connectivity index (χ3n) is 5.41. The minimum atomic E-state index is 0.764. The minimum Gasteiger partial charge on any atom is -0.497 e. The van der Waals surface area contributed by atoms with Crippen LogP contribution in [0.5, 0.6) is 17.2 Å². The van der Waals surface area contributed by atoms with Crippen molar-refractivity contribution in [2.45, 2.75) is 19.8 Å². The predicted molar refractivity (Wildman–Crippen MR) is 113 cm³/mol. The second kappa shape index (κ2) is 7.58. The van der Waals surface area contributed by atoms with Crippen molar-refractivity contribution in [1.29, 1.82) is 0 Å². The number of anilines is 1. The first-order chi connectivity index (χ1) is 13.7. The number of rotatable bonds is 5. The lowest BCUT2D eigenvalue weighted by molar-refractivity contribution is 0.398. The van der Waals surface area contributed by atoms with Gasteiger partial charge in [0.1, 0.15) is 23.1 Å². The molecule has 1 aliphatic heterocycles. The lowest BCUT2D eigenvalue weighted by atomic mass is 9.97. The summed E-state index contributed by atoms with van der Waals surface area (Å²) >= 11 is 0. The second-order valence-electron chi connectivity index (χ2n) is 7.15. The average molecular weight is 378 g/mol. The lowest BCUT2D eigenvalue weighted by Gasteiger charge is -2.22. The van der Waals surface area contributed by atoms with E-state index in [1.165, 1.54) is 18.4 Å². The van der Waals surface area contributed by atoms with E-state index in [1.54, 1.807) is 21.3 Å². The summed E-state index contributed by atoms with van der Waals surface area (Å²) in [5.74, 6) is 3.34. The molecular weight excluding hydrogens is 352 g/mol. The molecule has 1 aromatic heterocycles. The lowest BCUT2D eigenvalue weighted by Crippen LogP contribution is -2.19. The minimum absolute atomic E-state index is 0.764. The summed E-state index contributed by atoms with van der Waals surface area (Å²) in [6.07, 6.45) is 4.33. The summed E-state index contributed by atoms with van der Waals surface area (Å²) < 4.78 is 17.0. The molecule has 2 aromatic carbocycles. The van der Waals surface area contributed by atoms with E-state index in [2.05, 4.69) is 30.0 Å². The monoisotopic (exact) mass is 378 g/mol. The molecule has 0 aliphatic carbocycles. The number of ether oxygens (including phenoxy) is 3. The molecule has 0 unspecified atom stereocenters. The van der Waals surface area contributed by atoms with Crippen LogP contribution in [-0.2, 0) is 0 Å². The standard InChI is InChI=1S/C23H26N2O3/c1-15-7-8-20(27-3)17(11-15)19-14-24-23(25-9-5-6-10-25)18-12-16(26-2)13-21(28-4)22(18)19/h7-8,11-14H,5-6,9-10H2,1-4H3. The quantitative estimate of drug-likeness (QED) is 0.636. The van der Waals surface area contributed by atoms with Gasteiger partial charge in [-0.3, -0.25) is 0 Å². The first kappa shape index (κ1) is 18.4. The Morgan fingerprint density at radius 2 is 1.61 bits per heavy atom. The Balaban J connectivity index is 2.06. The highest BCUT2D eigenvalue weighted by Crippen LogP contribution is 2.44. The predicted octanol–water partition coefficient (Wildman–Crippen LogP) is 4.84. The first-order valence-electron chi connectivity index (χ1n) is 9.61. The molecule has 1 saturated heterocycles. The number of nitrogens with zero attached hydrogens (tertiary/aromatic N) is 2. The molecule has 1 aliphatic rings. The van der Waals surface area contributed by atoms with Gasteiger partial charge in [-0.15, -0.1) is 0 Å². The van der Waals surface area contributed by atoms with Crippen LogP contribution in [0.3, 0.4) is 0 Å². The van der Waals surface area contributed by atoms with Crippen molar-refractivity contribution in [3.8, 4) is 28.4 Å². The topological polar surface area (TPSA) is 43.8 Å². The zero-order valence-corrected chi connectivity index (χ0v) is 16.9. The fourth-order valence-electron chi connectivity index (χ4n) is 4.00. The number of aryl methyl sites for hydroxylation is 1. The van der Waals surface area contributed by atoms with Crippen LogP contribution in [-0.4, -0.2) is 39.4 Å². The fraction of sp³-hybridized carbons (Fsp3) is 0.348. The van der Waals surface area contributed by atoms with Crippen molar-refractivity contribution >= 4 is 16.6 Å². The maximum Gasteiger partial charge on any atom is 0.136 e. The number of fused-ring (bicyclic) bond motifs is 1. The fourth-order valence-corrected chi connectivity index (χ4v) is 4.00. The molecule has 3 aromatic rings. The number of aromatic nitrogens is 1. The van der Waals surface area contributed by atoms with Gasteiger partial charge in [-0.25, -0.2) is 4.98 Å². The zero-order chi connectivity index (χ0) is 19.7. The Kier molecular flexibility index (Phi) is 4.99. The van der Waals surface area contributed by atoms with E-state index in [-0.39, 0.29) is 0 Å². The number of hydrogen-bond acceptors (Lipinski definition) is 5. The molecule has 0 amide bonds. The summed E-state index contributed by atoms with van der Waals surface area (Å²) in [6.45, 7) is 4.13. The van der Waals surface area contributed by atoms with Gasteiger partial charge in [-0.05, 0) is 38.0 Å². The van der Waals surface area contributed by atoms with Gasteiger partial charge in [0, 0.05) is 47.3 Å². The zero-order valence-electron chi connectivity index (χ0n) is 16.9. The van der Waals surface area contributed by atoms with E-state index < -0.39 is 0 Å². The summed E-state index contributed by atoms with van der Waals surface area (Å²) in [6, 6.07) is 10.2. The summed E-state index contributed by atoms with van der Waals surface area (Å²) in [5, 5.41) is 2.07. The Bertz CT molecular complexity index is 1010. The van der Waals surface area contributed by atoms with Crippen molar-refractivity contribution < 1.29 is 14.2 Å². The molecule has 146 valence electrons. The van der Waals surface area contributed by atoms with E-state index in [0.29, 0.717) is 0 Å². The molecule has 28 heavy (non-hydrogen) atoms. The van der Waals surface area contributed by atoms with Gasteiger partial charge < -0.3 is 19.1 Å². The van der Waals surface area contributed by atoms with Crippen LogP contribution in [0.1, 0.15) is 18.4 Å². The summed E-state index contributed by atoms with van der Waals surface area (Å²) in [7, 11) is 5.07. The van der Waals surface area contributed by atoms with Crippen molar-refractivity contribution in [2.24, 2.45) is 0 Å². The van der Waals surface area contributed by atoms with Gasteiger partial charge in [0.15, 0.2) is 0 Å². The highest BCUT2D eigenvalue weighted by Gasteiger charge is 2.22. The van der Waals surface area contributed by atoms with Gasteiger partial charge >= 0.3 is 0 Å². The number of methoxy groups -OCH3 is 3. The van der Waals surface area contributed by atoms with Gasteiger partial charge in [0.2, 0.25) is 0 Å². The van der Waals surface area contributed by atoms with Crippen molar-refractivity contribution in [3.05, 3.63) is 42.1 Å². The van der Waals surface area contributed by atoms with Crippen LogP contribution < -0.4 is 19.1 Å². The molecule has 4 rings (SSSR count). The van der Waals surface area contributed by atoms with Crippen molar-refractivity contribution in [1.82, 2.24) is 4.98 Å². The molecule has 5 nitrogen and oxygen atoms in total. The van der Waals surface area contributed by atoms with Gasteiger partial charge in [0.25, 0.3) is 0 Å². The van der Waals surface area contributed by atoms with Gasteiger partial charge in [-0.2, -0.15) is 0 Å². The van der Waals surface area contributed by atoms with Gasteiger partial charge in [0.05, 0.1) is 21.3 Å². The maximum atomic E-state index is 5.79. The van der Waals surface area contributed by atoms with E-state index >= 15 is 0 Å². The molecule has 1 fully saturated rings. The van der Waals surface area contributed by atoms with Crippen molar-refractivity contribution in [2.75, 3.05) is 39.3 Å². The van der Waals surface area contributed by atoms with Gasteiger partial charge in [-0.1, -0.05) is 11.6 Å². The molecule has 0 bridgehead atoms. The van der Waals surface area contributed by atoms with Crippen LogP contribution in [0, 0.1) is 6.92 Å². The van der Waals surface area contributed by atoms with Crippen LogP contribution in [0.15, 0.2) is 36.5 Å². The van der Waals surface area contributed by atoms with E-state index in [9.17, 15) is 0 Å². The van der Waals surface area contributed by atoms with E-state index in [0.717, 1.165) is 58.1 Å². The Labute approximate surface area is 165 Å².